The van der Waals surface area contributed by atoms with Crippen LogP contribution in [0.5, 0.6) is 0 Å². The monoisotopic (exact) mass is 125 g/mol. The lowest BCUT2D eigenvalue weighted by Crippen LogP contribution is -2.22. The van der Waals surface area contributed by atoms with Crippen LogP contribution in [-0.4, -0.2) is 17.5 Å². The summed E-state index contributed by atoms with van der Waals surface area (Å²) >= 11 is 0. The van der Waals surface area contributed by atoms with Crippen molar-refractivity contribution in [1.29, 1.82) is 0 Å². The average Bonchev–Trinajstić information content (AvgIpc) is 2.14. The zero-order chi connectivity index (χ0) is 6.85. The van der Waals surface area contributed by atoms with Gasteiger partial charge in [-0.2, -0.15) is 0 Å². The highest BCUT2D eigenvalue weighted by molar-refractivity contribution is 5.04. The number of hydrogen-bond acceptors (Lipinski definition) is 1. The Labute approximate surface area is 57.4 Å². The van der Waals surface area contributed by atoms with Gasteiger partial charge in [-0.1, -0.05) is 5.57 Å². The first-order chi connectivity index (χ1) is 4.20. The maximum Gasteiger partial charge on any atom is 0.0227 e. The highest BCUT2D eigenvalue weighted by Gasteiger charge is 2.10. The predicted molar refractivity (Wildman–Crippen MR) is 40.2 cm³/mol. The third kappa shape index (κ3) is 1.47. The molecule has 9 heavy (non-hydrogen) atoms. The first kappa shape index (κ1) is 6.66. The number of rotatable bonds is 1. The SMILES string of the molecule is CC1=CN(C(C)C)CC1. The minimum Gasteiger partial charge on any atom is -0.375 e. The largest absolute Gasteiger partial charge is 0.375 e. The first-order valence-corrected chi connectivity index (χ1v) is 3.63. The molecule has 0 atom stereocenters. The summed E-state index contributed by atoms with van der Waals surface area (Å²) in [5.41, 5.74) is 1.52. The van der Waals surface area contributed by atoms with E-state index < -0.39 is 0 Å². The van der Waals surface area contributed by atoms with E-state index in [1.165, 1.54) is 18.5 Å². The standard InChI is InChI=1S/C8H15N/c1-7(2)9-5-4-8(3)6-9/h6-7H,4-5H2,1-3H3. The molecule has 0 aromatic carbocycles. The van der Waals surface area contributed by atoms with E-state index in [-0.39, 0.29) is 0 Å². The summed E-state index contributed by atoms with van der Waals surface area (Å²) in [5, 5.41) is 0. The molecule has 1 aliphatic heterocycles. The molecular weight excluding hydrogens is 110 g/mol. The second kappa shape index (κ2) is 2.42. The van der Waals surface area contributed by atoms with Crippen LogP contribution >= 0.6 is 0 Å². The Morgan fingerprint density at radius 3 is 2.44 bits per heavy atom. The van der Waals surface area contributed by atoms with Gasteiger partial charge in [0.05, 0.1) is 0 Å². The van der Waals surface area contributed by atoms with E-state index in [2.05, 4.69) is 31.9 Å². The number of hydrogen-bond donors (Lipinski definition) is 0. The van der Waals surface area contributed by atoms with Crippen molar-refractivity contribution >= 4 is 0 Å². The molecule has 0 fully saturated rings. The number of nitrogens with zero attached hydrogens (tertiary/aromatic N) is 1. The van der Waals surface area contributed by atoms with Gasteiger partial charge in [-0.05, 0) is 33.4 Å². The molecule has 1 heterocycles. The molecule has 1 aliphatic rings. The van der Waals surface area contributed by atoms with Gasteiger partial charge < -0.3 is 4.90 Å². The highest BCUT2D eigenvalue weighted by atomic mass is 15.1. The third-order valence-corrected chi connectivity index (χ3v) is 1.81. The summed E-state index contributed by atoms with van der Waals surface area (Å²) in [4.78, 5) is 2.38. The molecular formula is C8H15N. The van der Waals surface area contributed by atoms with Crippen molar-refractivity contribution in [2.24, 2.45) is 0 Å². The molecule has 0 bridgehead atoms. The van der Waals surface area contributed by atoms with Gasteiger partial charge in [-0.15, -0.1) is 0 Å². The normalized spacial score (nSPS) is 19.1. The molecule has 0 radical (unpaired) electrons. The van der Waals surface area contributed by atoms with Crippen molar-refractivity contribution in [2.45, 2.75) is 33.2 Å². The van der Waals surface area contributed by atoms with Gasteiger partial charge in [-0.3, -0.25) is 0 Å². The summed E-state index contributed by atoms with van der Waals surface area (Å²) < 4.78 is 0. The Balaban J connectivity index is 2.47. The predicted octanol–water partition coefficient (Wildman–Crippen LogP) is 2.00. The lowest BCUT2D eigenvalue weighted by atomic mass is 10.3. The van der Waals surface area contributed by atoms with E-state index in [1.807, 2.05) is 0 Å². The van der Waals surface area contributed by atoms with E-state index in [0.29, 0.717) is 6.04 Å². The van der Waals surface area contributed by atoms with Gasteiger partial charge in [0.1, 0.15) is 0 Å². The lowest BCUT2D eigenvalue weighted by Gasteiger charge is -2.19. The molecule has 52 valence electrons. The van der Waals surface area contributed by atoms with Crippen LogP contribution in [0, 0.1) is 0 Å². The van der Waals surface area contributed by atoms with E-state index in [0.717, 1.165) is 0 Å². The van der Waals surface area contributed by atoms with Crippen molar-refractivity contribution in [3.05, 3.63) is 11.8 Å². The van der Waals surface area contributed by atoms with Crippen LogP contribution in [0.1, 0.15) is 27.2 Å². The van der Waals surface area contributed by atoms with Gasteiger partial charge in [0.2, 0.25) is 0 Å². The van der Waals surface area contributed by atoms with Crippen molar-refractivity contribution in [3.63, 3.8) is 0 Å². The first-order valence-electron chi connectivity index (χ1n) is 3.63. The third-order valence-electron chi connectivity index (χ3n) is 1.81. The molecule has 0 saturated heterocycles. The molecule has 0 amide bonds. The Kier molecular flexibility index (Phi) is 1.79. The van der Waals surface area contributed by atoms with Crippen LogP contribution in [0.3, 0.4) is 0 Å². The Morgan fingerprint density at radius 2 is 2.22 bits per heavy atom. The van der Waals surface area contributed by atoms with Crippen LogP contribution in [0.2, 0.25) is 0 Å². The van der Waals surface area contributed by atoms with Gasteiger partial charge in [0.15, 0.2) is 0 Å². The van der Waals surface area contributed by atoms with E-state index in [4.69, 9.17) is 0 Å². The summed E-state index contributed by atoms with van der Waals surface area (Å²) in [5.74, 6) is 0. The van der Waals surface area contributed by atoms with Crippen LogP contribution in [0.4, 0.5) is 0 Å². The van der Waals surface area contributed by atoms with Crippen LogP contribution in [-0.2, 0) is 0 Å². The summed E-state index contributed by atoms with van der Waals surface area (Å²) in [6.45, 7) is 7.89. The van der Waals surface area contributed by atoms with Crippen molar-refractivity contribution in [2.75, 3.05) is 6.54 Å². The van der Waals surface area contributed by atoms with Gasteiger partial charge in [-0.25, -0.2) is 0 Å². The molecule has 0 aliphatic carbocycles. The van der Waals surface area contributed by atoms with Gasteiger partial charge >= 0.3 is 0 Å². The van der Waals surface area contributed by atoms with Crippen molar-refractivity contribution < 1.29 is 0 Å². The molecule has 1 rings (SSSR count). The summed E-state index contributed by atoms with van der Waals surface area (Å²) in [6.07, 6.45) is 3.53. The van der Waals surface area contributed by atoms with Crippen molar-refractivity contribution in [1.82, 2.24) is 4.90 Å². The van der Waals surface area contributed by atoms with Gasteiger partial charge in [0.25, 0.3) is 0 Å². The van der Waals surface area contributed by atoms with Crippen LogP contribution in [0.15, 0.2) is 11.8 Å². The van der Waals surface area contributed by atoms with E-state index in [9.17, 15) is 0 Å². The maximum absolute atomic E-state index is 2.38. The topological polar surface area (TPSA) is 3.24 Å². The summed E-state index contributed by atoms with van der Waals surface area (Å²) in [6, 6.07) is 0.683. The van der Waals surface area contributed by atoms with E-state index in [1.54, 1.807) is 0 Å². The summed E-state index contributed by atoms with van der Waals surface area (Å²) in [7, 11) is 0. The average molecular weight is 125 g/mol. The highest BCUT2D eigenvalue weighted by Crippen LogP contribution is 2.14. The molecule has 0 spiro atoms. The molecule has 0 aromatic rings. The minimum absolute atomic E-state index is 0.683. The molecule has 0 N–H and O–H groups in total. The molecule has 0 unspecified atom stereocenters. The molecule has 1 nitrogen and oxygen atoms in total. The fraction of sp³-hybridized carbons (Fsp3) is 0.750. The lowest BCUT2D eigenvalue weighted by molar-refractivity contribution is 0.336. The minimum atomic E-state index is 0.683. The van der Waals surface area contributed by atoms with Crippen LogP contribution < -0.4 is 0 Å². The second-order valence-corrected chi connectivity index (χ2v) is 3.06. The fourth-order valence-electron chi connectivity index (χ4n) is 1.12. The molecule has 0 saturated carbocycles. The second-order valence-electron chi connectivity index (χ2n) is 3.06. The van der Waals surface area contributed by atoms with Crippen molar-refractivity contribution in [3.8, 4) is 0 Å². The smallest absolute Gasteiger partial charge is 0.0227 e. The zero-order valence-electron chi connectivity index (χ0n) is 6.52. The Hall–Kier alpha value is -0.460. The Morgan fingerprint density at radius 1 is 1.56 bits per heavy atom. The Bertz CT molecular complexity index is 125. The van der Waals surface area contributed by atoms with E-state index >= 15 is 0 Å². The zero-order valence-corrected chi connectivity index (χ0v) is 6.52. The van der Waals surface area contributed by atoms with Crippen LogP contribution in [0.25, 0.3) is 0 Å². The maximum atomic E-state index is 2.38. The molecule has 1 heteroatoms. The fourth-order valence-corrected chi connectivity index (χ4v) is 1.12. The molecule has 0 aromatic heterocycles. The van der Waals surface area contributed by atoms with Gasteiger partial charge in [0, 0.05) is 12.6 Å². The quantitative estimate of drug-likeness (QED) is 0.518.